The highest BCUT2D eigenvalue weighted by atomic mass is 35.5. The van der Waals surface area contributed by atoms with Crippen molar-refractivity contribution in [2.75, 3.05) is 13.1 Å². The predicted octanol–water partition coefficient (Wildman–Crippen LogP) is 4.26. The van der Waals surface area contributed by atoms with Crippen LogP contribution in [0.5, 0.6) is 0 Å². The van der Waals surface area contributed by atoms with Crippen LogP contribution in [0.25, 0.3) is 17.1 Å². The fourth-order valence-corrected chi connectivity index (χ4v) is 3.90. The second kappa shape index (κ2) is 8.99. The lowest BCUT2D eigenvalue weighted by Crippen LogP contribution is -2.43. The van der Waals surface area contributed by atoms with Crippen molar-refractivity contribution in [3.63, 3.8) is 0 Å². The Morgan fingerprint density at radius 1 is 1.10 bits per heavy atom. The molecule has 1 saturated heterocycles. The minimum Gasteiger partial charge on any atom is -0.353 e. The summed E-state index contributed by atoms with van der Waals surface area (Å²) < 4.78 is 1.95. The van der Waals surface area contributed by atoms with Gasteiger partial charge in [0.15, 0.2) is 0 Å². The summed E-state index contributed by atoms with van der Waals surface area (Å²) >= 11 is 12.5. The van der Waals surface area contributed by atoms with Crippen LogP contribution in [0.3, 0.4) is 0 Å². The second-order valence-electron chi connectivity index (χ2n) is 7.15. The van der Waals surface area contributed by atoms with Gasteiger partial charge in [0.05, 0.1) is 17.1 Å². The van der Waals surface area contributed by atoms with Crippen LogP contribution in [-0.4, -0.2) is 34.6 Å². The summed E-state index contributed by atoms with van der Waals surface area (Å²) in [4.78, 5) is 17.3. The average molecular weight is 429 g/mol. The monoisotopic (exact) mass is 428 g/mol. The van der Waals surface area contributed by atoms with Crippen LogP contribution >= 0.6 is 23.2 Å². The molecule has 0 bridgehead atoms. The standard InChI is InChI=1S/C22H22Cl2N4O/c23-15-5-7-18(8-6-15)28-14-17(13-21(29)26-16-9-11-25-12-10-16)27-22(28)19-3-1-2-4-20(19)24/h1-8,14,16,25H,9-13H2,(H,26,29). The summed E-state index contributed by atoms with van der Waals surface area (Å²) in [7, 11) is 0. The number of imidazole rings is 1. The molecule has 1 fully saturated rings. The fourth-order valence-electron chi connectivity index (χ4n) is 3.55. The molecular weight excluding hydrogens is 407 g/mol. The third-order valence-corrected chi connectivity index (χ3v) is 5.60. The van der Waals surface area contributed by atoms with Gasteiger partial charge in [-0.15, -0.1) is 0 Å². The largest absolute Gasteiger partial charge is 0.353 e. The lowest BCUT2D eigenvalue weighted by atomic mass is 10.1. The van der Waals surface area contributed by atoms with E-state index in [0.717, 1.165) is 37.2 Å². The Kier molecular flexibility index (Phi) is 6.19. The molecule has 1 aliphatic heterocycles. The molecule has 1 amide bonds. The number of amides is 1. The van der Waals surface area contributed by atoms with Crippen molar-refractivity contribution in [1.29, 1.82) is 0 Å². The predicted molar refractivity (Wildman–Crippen MR) is 117 cm³/mol. The minimum absolute atomic E-state index is 0.0108. The molecule has 0 spiro atoms. The average Bonchev–Trinajstić information content (AvgIpc) is 3.13. The summed E-state index contributed by atoms with van der Waals surface area (Å²) in [5.41, 5.74) is 2.41. The van der Waals surface area contributed by atoms with Gasteiger partial charge in [-0.05, 0) is 62.3 Å². The molecule has 1 aliphatic rings. The molecule has 4 rings (SSSR count). The Balaban J connectivity index is 1.63. The lowest BCUT2D eigenvalue weighted by molar-refractivity contribution is -0.121. The first-order valence-corrected chi connectivity index (χ1v) is 10.4. The number of nitrogens with one attached hydrogen (secondary N) is 2. The first-order valence-electron chi connectivity index (χ1n) is 9.69. The highest BCUT2D eigenvalue weighted by molar-refractivity contribution is 6.33. The summed E-state index contributed by atoms with van der Waals surface area (Å²) in [6.45, 7) is 1.87. The molecule has 2 N–H and O–H groups in total. The Morgan fingerprint density at radius 3 is 2.55 bits per heavy atom. The number of piperidine rings is 1. The summed E-state index contributed by atoms with van der Waals surface area (Å²) in [6, 6.07) is 15.3. The number of carbonyl (C=O) groups is 1. The van der Waals surface area contributed by atoms with Gasteiger partial charge in [0.25, 0.3) is 0 Å². The van der Waals surface area contributed by atoms with Gasteiger partial charge in [0.1, 0.15) is 5.82 Å². The first kappa shape index (κ1) is 20.0. The summed E-state index contributed by atoms with van der Waals surface area (Å²) in [5.74, 6) is 0.686. The number of rotatable bonds is 5. The SMILES string of the molecule is O=C(Cc1cn(-c2ccc(Cl)cc2)c(-c2ccccc2Cl)n1)NC1CCNCC1. The number of nitrogens with zero attached hydrogens (tertiary/aromatic N) is 2. The van der Waals surface area contributed by atoms with E-state index in [1.807, 2.05) is 59.3 Å². The van der Waals surface area contributed by atoms with Gasteiger partial charge in [0, 0.05) is 28.5 Å². The van der Waals surface area contributed by atoms with Crippen molar-refractivity contribution in [1.82, 2.24) is 20.2 Å². The number of hydrogen-bond donors (Lipinski definition) is 2. The highest BCUT2D eigenvalue weighted by Crippen LogP contribution is 2.29. The zero-order valence-electron chi connectivity index (χ0n) is 15.9. The van der Waals surface area contributed by atoms with Gasteiger partial charge >= 0.3 is 0 Å². The molecule has 0 saturated carbocycles. The lowest BCUT2D eigenvalue weighted by Gasteiger charge is -2.23. The van der Waals surface area contributed by atoms with E-state index in [-0.39, 0.29) is 18.4 Å². The molecule has 7 heteroatoms. The van der Waals surface area contributed by atoms with E-state index in [2.05, 4.69) is 10.6 Å². The van der Waals surface area contributed by atoms with Crippen LogP contribution in [-0.2, 0) is 11.2 Å². The Morgan fingerprint density at radius 2 is 1.83 bits per heavy atom. The maximum atomic E-state index is 12.6. The quantitative estimate of drug-likeness (QED) is 0.638. The van der Waals surface area contributed by atoms with Gasteiger partial charge in [-0.2, -0.15) is 0 Å². The van der Waals surface area contributed by atoms with Crippen molar-refractivity contribution >= 4 is 29.1 Å². The number of aromatic nitrogens is 2. The van der Waals surface area contributed by atoms with Crippen molar-refractivity contribution in [3.8, 4) is 17.1 Å². The molecule has 1 aromatic heterocycles. The maximum Gasteiger partial charge on any atom is 0.226 e. The second-order valence-corrected chi connectivity index (χ2v) is 7.99. The molecule has 0 unspecified atom stereocenters. The van der Waals surface area contributed by atoms with Crippen LogP contribution < -0.4 is 10.6 Å². The van der Waals surface area contributed by atoms with E-state index in [9.17, 15) is 4.79 Å². The topological polar surface area (TPSA) is 59.0 Å². The van der Waals surface area contributed by atoms with Crippen molar-refractivity contribution in [2.24, 2.45) is 0 Å². The molecule has 5 nitrogen and oxygen atoms in total. The molecular formula is C22H22Cl2N4O. The molecule has 0 atom stereocenters. The van der Waals surface area contributed by atoms with Crippen molar-refractivity contribution < 1.29 is 4.79 Å². The number of halogens is 2. The van der Waals surface area contributed by atoms with E-state index in [1.165, 1.54) is 0 Å². The Labute approximate surface area is 180 Å². The van der Waals surface area contributed by atoms with Crippen molar-refractivity contribution in [2.45, 2.75) is 25.3 Å². The van der Waals surface area contributed by atoms with Crippen LogP contribution in [0, 0.1) is 0 Å². The molecule has 2 heterocycles. The van der Waals surface area contributed by atoms with E-state index in [1.54, 1.807) is 0 Å². The normalized spacial score (nSPS) is 14.7. The minimum atomic E-state index is -0.0108. The Hall–Kier alpha value is -2.34. The van der Waals surface area contributed by atoms with Crippen molar-refractivity contribution in [3.05, 3.63) is 70.5 Å². The van der Waals surface area contributed by atoms with Crippen LogP contribution in [0.4, 0.5) is 0 Å². The molecule has 0 aliphatic carbocycles. The molecule has 150 valence electrons. The van der Waals surface area contributed by atoms with Gasteiger partial charge in [-0.25, -0.2) is 4.98 Å². The van der Waals surface area contributed by atoms with Gasteiger partial charge in [0.2, 0.25) is 5.91 Å². The Bertz CT molecular complexity index is 994. The first-order chi connectivity index (χ1) is 14.1. The molecule has 29 heavy (non-hydrogen) atoms. The third kappa shape index (κ3) is 4.81. The molecule has 3 aromatic rings. The van der Waals surface area contributed by atoms with E-state index in [0.29, 0.717) is 21.6 Å². The van der Waals surface area contributed by atoms with E-state index < -0.39 is 0 Å². The van der Waals surface area contributed by atoms with E-state index >= 15 is 0 Å². The summed E-state index contributed by atoms with van der Waals surface area (Å²) in [5, 5.41) is 7.70. The third-order valence-electron chi connectivity index (χ3n) is 5.02. The smallest absolute Gasteiger partial charge is 0.226 e. The maximum absolute atomic E-state index is 12.6. The molecule has 2 aromatic carbocycles. The zero-order valence-corrected chi connectivity index (χ0v) is 17.4. The fraction of sp³-hybridized carbons (Fsp3) is 0.273. The van der Waals surface area contributed by atoms with Gasteiger partial charge in [-0.1, -0.05) is 35.3 Å². The van der Waals surface area contributed by atoms with Crippen LogP contribution in [0.1, 0.15) is 18.5 Å². The molecule has 0 radical (unpaired) electrons. The van der Waals surface area contributed by atoms with Gasteiger partial charge < -0.3 is 10.6 Å². The van der Waals surface area contributed by atoms with Crippen LogP contribution in [0.15, 0.2) is 54.7 Å². The van der Waals surface area contributed by atoms with E-state index in [4.69, 9.17) is 28.2 Å². The number of carbonyl (C=O) groups excluding carboxylic acids is 1. The van der Waals surface area contributed by atoms with Crippen LogP contribution in [0.2, 0.25) is 10.0 Å². The number of benzene rings is 2. The highest BCUT2D eigenvalue weighted by Gasteiger charge is 2.19. The number of hydrogen-bond acceptors (Lipinski definition) is 3. The zero-order chi connectivity index (χ0) is 20.2. The summed E-state index contributed by atoms with van der Waals surface area (Å²) in [6.07, 6.45) is 4.03. The van der Waals surface area contributed by atoms with Gasteiger partial charge in [-0.3, -0.25) is 9.36 Å².